The van der Waals surface area contributed by atoms with Crippen molar-refractivity contribution in [2.75, 3.05) is 20.1 Å². The largest absolute Gasteiger partial charge is 0.317 e. The molecule has 88 valence electrons. The average Bonchev–Trinajstić information content (AvgIpc) is 2.30. The summed E-state index contributed by atoms with van der Waals surface area (Å²) in [4.78, 5) is 2.70. The Bertz CT molecular complexity index is 187. The summed E-state index contributed by atoms with van der Waals surface area (Å²) in [5, 5.41) is 3.46. The summed E-state index contributed by atoms with van der Waals surface area (Å²) >= 11 is 0. The first-order chi connectivity index (χ1) is 7.29. The van der Waals surface area contributed by atoms with Crippen molar-refractivity contribution in [3.05, 3.63) is 0 Å². The minimum absolute atomic E-state index is 0.844. The van der Waals surface area contributed by atoms with Gasteiger partial charge >= 0.3 is 0 Å². The van der Waals surface area contributed by atoms with Gasteiger partial charge < -0.3 is 10.2 Å². The Morgan fingerprint density at radius 2 is 1.67 bits per heavy atom. The molecule has 1 heterocycles. The second-order valence-corrected chi connectivity index (χ2v) is 5.48. The van der Waals surface area contributed by atoms with Crippen LogP contribution in [-0.2, 0) is 0 Å². The summed E-state index contributed by atoms with van der Waals surface area (Å²) < 4.78 is 0. The highest BCUT2D eigenvalue weighted by Crippen LogP contribution is 2.29. The molecule has 2 aliphatic rings. The fraction of sp³-hybridized carbons (Fsp3) is 1.00. The fourth-order valence-corrected chi connectivity index (χ4v) is 3.39. The van der Waals surface area contributed by atoms with E-state index in [0.717, 1.165) is 18.0 Å². The van der Waals surface area contributed by atoms with E-state index in [0.29, 0.717) is 0 Å². The van der Waals surface area contributed by atoms with E-state index in [1.807, 2.05) is 0 Å². The predicted octanol–water partition coefficient (Wildman–Crippen LogP) is 2.25. The standard InChI is InChI=1S/C13H26N2/c1-11-5-3-4-6-13(11)15(2)12-7-9-14-10-8-12/h11-14H,3-10H2,1-2H3/t11-,13-/m1/s1. The molecule has 15 heavy (non-hydrogen) atoms. The van der Waals surface area contributed by atoms with Gasteiger partial charge in [0.05, 0.1) is 0 Å². The second kappa shape index (κ2) is 5.31. The molecule has 0 aromatic heterocycles. The van der Waals surface area contributed by atoms with E-state index in [4.69, 9.17) is 0 Å². The van der Waals surface area contributed by atoms with Gasteiger partial charge in [0.25, 0.3) is 0 Å². The highest BCUT2D eigenvalue weighted by Gasteiger charge is 2.29. The van der Waals surface area contributed by atoms with E-state index in [9.17, 15) is 0 Å². The van der Waals surface area contributed by atoms with Gasteiger partial charge in [-0.2, -0.15) is 0 Å². The number of hydrogen-bond acceptors (Lipinski definition) is 2. The van der Waals surface area contributed by atoms with Crippen LogP contribution in [0.5, 0.6) is 0 Å². The topological polar surface area (TPSA) is 15.3 Å². The first kappa shape index (κ1) is 11.4. The molecule has 1 saturated carbocycles. The van der Waals surface area contributed by atoms with Crippen molar-refractivity contribution < 1.29 is 0 Å². The van der Waals surface area contributed by atoms with Crippen molar-refractivity contribution in [1.29, 1.82) is 0 Å². The zero-order valence-electron chi connectivity index (χ0n) is 10.3. The van der Waals surface area contributed by atoms with Gasteiger partial charge in [-0.15, -0.1) is 0 Å². The van der Waals surface area contributed by atoms with Gasteiger partial charge in [-0.05, 0) is 51.7 Å². The molecule has 2 heteroatoms. The Kier molecular flexibility index (Phi) is 4.04. The lowest BCUT2D eigenvalue weighted by Crippen LogP contribution is -2.48. The first-order valence-electron chi connectivity index (χ1n) is 6.71. The van der Waals surface area contributed by atoms with Gasteiger partial charge in [-0.25, -0.2) is 0 Å². The van der Waals surface area contributed by atoms with Crippen LogP contribution in [0.15, 0.2) is 0 Å². The summed E-state index contributed by atoms with van der Waals surface area (Å²) in [7, 11) is 2.36. The number of nitrogens with zero attached hydrogens (tertiary/aromatic N) is 1. The van der Waals surface area contributed by atoms with Crippen LogP contribution in [0.25, 0.3) is 0 Å². The molecule has 2 rings (SSSR count). The molecule has 0 aromatic rings. The molecule has 2 fully saturated rings. The van der Waals surface area contributed by atoms with Crippen LogP contribution in [-0.4, -0.2) is 37.1 Å². The van der Waals surface area contributed by atoms with Gasteiger partial charge in [-0.1, -0.05) is 19.8 Å². The summed E-state index contributed by atoms with van der Waals surface area (Å²) in [6.07, 6.45) is 8.48. The SMILES string of the molecule is C[C@@H]1CCCC[C@H]1N(C)C1CCNCC1. The van der Waals surface area contributed by atoms with Crippen LogP contribution in [0.1, 0.15) is 45.4 Å². The smallest absolute Gasteiger partial charge is 0.0121 e. The van der Waals surface area contributed by atoms with Crippen molar-refractivity contribution in [2.24, 2.45) is 5.92 Å². The van der Waals surface area contributed by atoms with Crippen molar-refractivity contribution in [3.8, 4) is 0 Å². The maximum Gasteiger partial charge on any atom is 0.0121 e. The molecule has 0 spiro atoms. The molecule has 1 aliphatic carbocycles. The first-order valence-corrected chi connectivity index (χ1v) is 6.71. The number of rotatable bonds is 2. The van der Waals surface area contributed by atoms with E-state index in [-0.39, 0.29) is 0 Å². The minimum atomic E-state index is 0.844. The molecule has 0 unspecified atom stereocenters. The lowest BCUT2D eigenvalue weighted by atomic mass is 9.84. The molecule has 1 aliphatic heterocycles. The zero-order valence-corrected chi connectivity index (χ0v) is 10.3. The van der Waals surface area contributed by atoms with Gasteiger partial charge in [0.2, 0.25) is 0 Å². The molecule has 0 aromatic carbocycles. The van der Waals surface area contributed by atoms with Crippen LogP contribution in [0, 0.1) is 5.92 Å². The second-order valence-electron chi connectivity index (χ2n) is 5.48. The highest BCUT2D eigenvalue weighted by atomic mass is 15.2. The predicted molar refractivity (Wildman–Crippen MR) is 65.1 cm³/mol. The Morgan fingerprint density at radius 1 is 1.00 bits per heavy atom. The van der Waals surface area contributed by atoms with Crippen LogP contribution < -0.4 is 5.32 Å². The molecule has 2 nitrogen and oxygen atoms in total. The van der Waals surface area contributed by atoms with Crippen molar-refractivity contribution in [3.63, 3.8) is 0 Å². The Balaban J connectivity index is 1.89. The third kappa shape index (κ3) is 2.73. The van der Waals surface area contributed by atoms with Crippen molar-refractivity contribution >= 4 is 0 Å². The van der Waals surface area contributed by atoms with Crippen LogP contribution in [0.2, 0.25) is 0 Å². The lowest BCUT2D eigenvalue weighted by molar-refractivity contribution is 0.0807. The molecule has 0 bridgehead atoms. The summed E-state index contributed by atoms with van der Waals surface area (Å²) in [6.45, 7) is 4.88. The number of piperidine rings is 1. The van der Waals surface area contributed by atoms with E-state index < -0.39 is 0 Å². The van der Waals surface area contributed by atoms with Crippen LogP contribution in [0.4, 0.5) is 0 Å². The molecule has 0 radical (unpaired) electrons. The van der Waals surface area contributed by atoms with Gasteiger partial charge in [0.1, 0.15) is 0 Å². The van der Waals surface area contributed by atoms with E-state index in [1.54, 1.807) is 0 Å². The van der Waals surface area contributed by atoms with Crippen LogP contribution >= 0.6 is 0 Å². The fourth-order valence-electron chi connectivity index (χ4n) is 3.39. The lowest BCUT2D eigenvalue weighted by Gasteiger charge is -2.42. The Hall–Kier alpha value is -0.0800. The van der Waals surface area contributed by atoms with Crippen molar-refractivity contribution in [1.82, 2.24) is 10.2 Å². The van der Waals surface area contributed by atoms with Gasteiger partial charge in [-0.3, -0.25) is 0 Å². The monoisotopic (exact) mass is 210 g/mol. The normalized spacial score (nSPS) is 34.6. The quantitative estimate of drug-likeness (QED) is 0.752. The molecule has 0 amide bonds. The van der Waals surface area contributed by atoms with E-state index in [2.05, 4.69) is 24.2 Å². The highest BCUT2D eigenvalue weighted by molar-refractivity contribution is 4.85. The Morgan fingerprint density at radius 3 is 2.33 bits per heavy atom. The summed E-state index contributed by atoms with van der Waals surface area (Å²) in [6, 6.07) is 1.71. The number of nitrogens with one attached hydrogen (secondary N) is 1. The van der Waals surface area contributed by atoms with E-state index >= 15 is 0 Å². The molecular weight excluding hydrogens is 184 g/mol. The minimum Gasteiger partial charge on any atom is -0.317 e. The van der Waals surface area contributed by atoms with E-state index in [1.165, 1.54) is 51.6 Å². The molecule has 2 atom stereocenters. The summed E-state index contributed by atoms with van der Waals surface area (Å²) in [5.41, 5.74) is 0. The maximum absolute atomic E-state index is 3.46. The third-order valence-corrected chi connectivity index (χ3v) is 4.47. The molecule has 1 N–H and O–H groups in total. The molecular formula is C13H26N2. The van der Waals surface area contributed by atoms with Crippen LogP contribution in [0.3, 0.4) is 0 Å². The average molecular weight is 210 g/mol. The maximum atomic E-state index is 3.46. The summed E-state index contributed by atoms with van der Waals surface area (Å²) in [5.74, 6) is 0.915. The van der Waals surface area contributed by atoms with Gasteiger partial charge in [0, 0.05) is 12.1 Å². The molecule has 1 saturated heterocycles. The van der Waals surface area contributed by atoms with Gasteiger partial charge in [0.15, 0.2) is 0 Å². The zero-order chi connectivity index (χ0) is 10.7. The Labute approximate surface area is 94.4 Å². The van der Waals surface area contributed by atoms with Crippen molar-refractivity contribution in [2.45, 2.75) is 57.5 Å². The third-order valence-electron chi connectivity index (χ3n) is 4.47. The number of hydrogen-bond donors (Lipinski definition) is 1.